The smallest absolute Gasteiger partial charge is 0.0739 e. The highest BCUT2D eigenvalue weighted by Gasteiger charge is 2.10. The lowest BCUT2D eigenvalue weighted by molar-refractivity contribution is 0.621. The van der Waals surface area contributed by atoms with Crippen molar-refractivity contribution in [2.24, 2.45) is 14.1 Å². The molecular weight excluding hydrogens is 294 g/mol. The monoisotopic (exact) mass is 311 g/mol. The van der Waals surface area contributed by atoms with Crippen LogP contribution in [-0.2, 0) is 27.2 Å². The third kappa shape index (κ3) is 2.49. The fourth-order valence-corrected chi connectivity index (χ4v) is 2.38. The third-order valence-corrected chi connectivity index (χ3v) is 4.24. The van der Waals surface area contributed by atoms with E-state index in [0.29, 0.717) is 0 Å². The van der Waals surface area contributed by atoms with E-state index in [-0.39, 0.29) is 0 Å². The normalized spacial score (nSPS) is 11.2. The van der Waals surface area contributed by atoms with Crippen LogP contribution in [0, 0.1) is 13.8 Å². The number of aromatic nitrogens is 4. The van der Waals surface area contributed by atoms with Crippen LogP contribution in [-0.4, -0.2) is 19.6 Å². The molecule has 98 valence electrons. The van der Waals surface area contributed by atoms with E-state index >= 15 is 0 Å². The number of rotatable bonds is 4. The molecule has 18 heavy (non-hydrogen) atoms. The minimum absolute atomic E-state index is 0.784. The van der Waals surface area contributed by atoms with Crippen molar-refractivity contribution in [2.75, 3.05) is 0 Å². The average Bonchev–Trinajstić information content (AvgIpc) is 2.76. The molecule has 2 rings (SSSR count). The van der Waals surface area contributed by atoms with Crippen LogP contribution in [0.25, 0.3) is 0 Å². The predicted molar refractivity (Wildman–Crippen MR) is 74.1 cm³/mol. The third-order valence-electron chi connectivity index (χ3n) is 3.21. The summed E-state index contributed by atoms with van der Waals surface area (Å²) >= 11 is 3.57. The molecule has 0 aliphatic carbocycles. The van der Waals surface area contributed by atoms with Crippen molar-refractivity contribution >= 4 is 15.9 Å². The molecule has 0 saturated heterocycles. The highest BCUT2D eigenvalue weighted by Crippen LogP contribution is 2.20. The van der Waals surface area contributed by atoms with Crippen LogP contribution in [0.5, 0.6) is 0 Å². The zero-order chi connectivity index (χ0) is 13.3. The highest BCUT2D eigenvalue weighted by atomic mass is 79.9. The summed E-state index contributed by atoms with van der Waals surface area (Å²) < 4.78 is 4.88. The summed E-state index contributed by atoms with van der Waals surface area (Å²) in [6.07, 6.45) is 1.91. The molecule has 0 spiro atoms. The lowest BCUT2D eigenvalue weighted by Crippen LogP contribution is -2.16. The van der Waals surface area contributed by atoms with E-state index in [9.17, 15) is 0 Å². The van der Waals surface area contributed by atoms with E-state index in [4.69, 9.17) is 0 Å². The van der Waals surface area contributed by atoms with Gasteiger partial charge in [-0.1, -0.05) is 0 Å². The van der Waals surface area contributed by atoms with Crippen LogP contribution in [0.1, 0.15) is 22.6 Å². The van der Waals surface area contributed by atoms with Gasteiger partial charge in [0.05, 0.1) is 22.1 Å². The first-order chi connectivity index (χ1) is 8.50. The van der Waals surface area contributed by atoms with Gasteiger partial charge in [-0.05, 0) is 29.8 Å². The maximum absolute atomic E-state index is 4.37. The van der Waals surface area contributed by atoms with Crippen LogP contribution in [0.3, 0.4) is 0 Å². The summed E-state index contributed by atoms with van der Waals surface area (Å²) in [6, 6.07) is 0. The van der Waals surface area contributed by atoms with E-state index < -0.39 is 0 Å². The second kappa shape index (κ2) is 5.24. The van der Waals surface area contributed by atoms with E-state index in [0.717, 1.165) is 29.0 Å². The first-order valence-corrected chi connectivity index (χ1v) is 6.66. The number of aryl methyl sites for hydroxylation is 3. The molecule has 0 fully saturated rings. The molecule has 5 nitrogen and oxygen atoms in total. The molecule has 0 saturated carbocycles. The number of hydrogen-bond donors (Lipinski definition) is 1. The van der Waals surface area contributed by atoms with Gasteiger partial charge in [0.25, 0.3) is 0 Å². The van der Waals surface area contributed by atoms with Crippen molar-refractivity contribution in [2.45, 2.75) is 26.9 Å². The minimum Gasteiger partial charge on any atom is -0.307 e. The SMILES string of the molecule is Cc1nn(C)c(CNCc2cnn(C)c2C)c1Br. The van der Waals surface area contributed by atoms with E-state index in [1.807, 2.05) is 36.6 Å². The standard InChI is InChI=1S/C12H18BrN5/c1-8-12(13)11(18(4)16-8)7-14-5-10-6-15-17(3)9(10)2/h6,14H,5,7H2,1-4H3. The van der Waals surface area contributed by atoms with Gasteiger partial charge < -0.3 is 5.32 Å². The highest BCUT2D eigenvalue weighted by molar-refractivity contribution is 9.10. The van der Waals surface area contributed by atoms with Crippen LogP contribution in [0.15, 0.2) is 10.7 Å². The fourth-order valence-electron chi connectivity index (χ4n) is 1.91. The van der Waals surface area contributed by atoms with Crippen LogP contribution < -0.4 is 5.32 Å². The molecule has 0 aliphatic rings. The van der Waals surface area contributed by atoms with Gasteiger partial charge in [-0.3, -0.25) is 9.36 Å². The molecular formula is C12H18BrN5. The van der Waals surface area contributed by atoms with Crippen LogP contribution in [0.4, 0.5) is 0 Å². The molecule has 0 bridgehead atoms. The van der Waals surface area contributed by atoms with Gasteiger partial charge >= 0.3 is 0 Å². The largest absolute Gasteiger partial charge is 0.307 e. The number of halogens is 1. The zero-order valence-electron chi connectivity index (χ0n) is 11.2. The van der Waals surface area contributed by atoms with Crippen molar-refractivity contribution in [3.63, 3.8) is 0 Å². The van der Waals surface area contributed by atoms with E-state index in [1.165, 1.54) is 11.3 Å². The molecule has 6 heteroatoms. The maximum Gasteiger partial charge on any atom is 0.0739 e. The Morgan fingerprint density at radius 2 is 1.94 bits per heavy atom. The topological polar surface area (TPSA) is 47.7 Å². The van der Waals surface area contributed by atoms with Crippen LogP contribution >= 0.6 is 15.9 Å². The minimum atomic E-state index is 0.784. The van der Waals surface area contributed by atoms with Gasteiger partial charge in [0, 0.05) is 38.4 Å². The van der Waals surface area contributed by atoms with Crippen molar-refractivity contribution in [3.8, 4) is 0 Å². The van der Waals surface area contributed by atoms with Crippen molar-refractivity contribution in [1.29, 1.82) is 0 Å². The number of nitrogens with zero attached hydrogens (tertiary/aromatic N) is 4. The second-order valence-electron chi connectivity index (χ2n) is 4.45. The Kier molecular flexibility index (Phi) is 3.87. The first-order valence-electron chi connectivity index (χ1n) is 5.87. The summed E-state index contributed by atoms with van der Waals surface area (Å²) in [4.78, 5) is 0. The molecule has 0 unspecified atom stereocenters. The lowest BCUT2D eigenvalue weighted by atomic mass is 10.2. The van der Waals surface area contributed by atoms with Gasteiger partial charge in [0.15, 0.2) is 0 Å². The molecule has 2 aromatic heterocycles. The molecule has 0 amide bonds. The van der Waals surface area contributed by atoms with E-state index in [2.05, 4.69) is 38.4 Å². The second-order valence-corrected chi connectivity index (χ2v) is 5.25. The maximum atomic E-state index is 4.37. The zero-order valence-corrected chi connectivity index (χ0v) is 12.7. The molecule has 0 atom stereocenters. The van der Waals surface area contributed by atoms with Crippen LogP contribution in [0.2, 0.25) is 0 Å². The molecule has 1 N–H and O–H groups in total. The molecule has 2 heterocycles. The Morgan fingerprint density at radius 1 is 1.22 bits per heavy atom. The molecule has 0 aliphatic heterocycles. The summed E-state index contributed by atoms with van der Waals surface area (Å²) in [5.41, 5.74) is 4.61. The van der Waals surface area contributed by atoms with Crippen molar-refractivity contribution < 1.29 is 0 Å². The predicted octanol–water partition coefficient (Wildman–Crippen LogP) is 1.82. The summed E-state index contributed by atoms with van der Waals surface area (Å²) in [5.74, 6) is 0. The molecule has 0 aromatic carbocycles. The quantitative estimate of drug-likeness (QED) is 0.937. The number of nitrogens with one attached hydrogen (secondary N) is 1. The Bertz CT molecular complexity index is 555. The van der Waals surface area contributed by atoms with Gasteiger partial charge in [0.1, 0.15) is 0 Å². The van der Waals surface area contributed by atoms with Crippen molar-refractivity contribution in [1.82, 2.24) is 24.9 Å². The molecule has 0 radical (unpaired) electrons. The Labute approximate surface area is 115 Å². The van der Waals surface area contributed by atoms with Gasteiger partial charge in [-0.25, -0.2) is 0 Å². The summed E-state index contributed by atoms with van der Waals surface area (Å²) in [6.45, 7) is 5.68. The number of hydrogen-bond acceptors (Lipinski definition) is 3. The summed E-state index contributed by atoms with van der Waals surface area (Å²) in [5, 5.41) is 12.0. The molecule has 2 aromatic rings. The van der Waals surface area contributed by atoms with Gasteiger partial charge in [0.2, 0.25) is 0 Å². The fraction of sp³-hybridized carbons (Fsp3) is 0.500. The van der Waals surface area contributed by atoms with Gasteiger partial charge in [-0.15, -0.1) is 0 Å². The Morgan fingerprint density at radius 3 is 2.44 bits per heavy atom. The first kappa shape index (κ1) is 13.3. The average molecular weight is 312 g/mol. The Hall–Kier alpha value is -1.14. The summed E-state index contributed by atoms with van der Waals surface area (Å²) in [7, 11) is 3.92. The van der Waals surface area contributed by atoms with Crippen molar-refractivity contribution in [3.05, 3.63) is 33.3 Å². The van der Waals surface area contributed by atoms with Gasteiger partial charge in [-0.2, -0.15) is 10.2 Å². The Balaban J connectivity index is 1.98. The lowest BCUT2D eigenvalue weighted by Gasteiger charge is -2.06. The van der Waals surface area contributed by atoms with E-state index in [1.54, 1.807) is 0 Å².